The van der Waals surface area contributed by atoms with E-state index in [0.717, 1.165) is 18.9 Å². The fraction of sp³-hybridized carbons (Fsp3) is 0.500. The lowest BCUT2D eigenvalue weighted by atomic mass is 10.0. The Labute approximate surface area is 104 Å². The fourth-order valence-corrected chi connectivity index (χ4v) is 2.06. The molecule has 0 amide bonds. The van der Waals surface area contributed by atoms with Crippen molar-refractivity contribution < 1.29 is 14.4 Å². The van der Waals surface area contributed by atoms with Gasteiger partial charge in [-0.05, 0) is 36.8 Å². The van der Waals surface area contributed by atoms with Crippen molar-refractivity contribution in [3.05, 3.63) is 34.1 Å². The van der Waals surface area contributed by atoms with Crippen molar-refractivity contribution in [2.24, 2.45) is 5.41 Å². The first-order valence-electron chi connectivity index (χ1n) is 5.86. The highest BCUT2D eigenvalue weighted by molar-refractivity contribution is 5.62. The smallest absolute Gasteiger partial charge is 0.327 e. The quantitative estimate of drug-likeness (QED) is 0.603. The van der Waals surface area contributed by atoms with Crippen molar-refractivity contribution in [2.75, 3.05) is 18.5 Å². The number of benzene rings is 1. The number of hydrogen-bond donors (Lipinski definition) is 2. The Morgan fingerprint density at radius 2 is 2.22 bits per heavy atom. The summed E-state index contributed by atoms with van der Waals surface area (Å²) in [6.45, 7) is 0.630. The van der Waals surface area contributed by atoms with Crippen LogP contribution in [0.2, 0.25) is 0 Å². The van der Waals surface area contributed by atoms with Crippen LogP contribution in [-0.4, -0.2) is 23.2 Å². The van der Waals surface area contributed by atoms with Gasteiger partial charge in [0, 0.05) is 13.2 Å². The number of halogens is 1. The highest BCUT2D eigenvalue weighted by Gasteiger charge is 2.41. The van der Waals surface area contributed by atoms with E-state index in [0.29, 0.717) is 13.0 Å². The molecule has 0 aromatic heterocycles. The van der Waals surface area contributed by atoms with Crippen molar-refractivity contribution in [1.29, 1.82) is 0 Å². The van der Waals surface area contributed by atoms with Crippen molar-refractivity contribution in [1.82, 2.24) is 0 Å². The summed E-state index contributed by atoms with van der Waals surface area (Å²) in [5.41, 5.74) is -0.295. The standard InChI is InChI=1S/C12H15FN2O3/c13-9-2-1-3-10(11(9)15(17)18)14-8-12(4-5-12)6-7-16/h1-3,14,16H,4-8H2. The van der Waals surface area contributed by atoms with Gasteiger partial charge in [0.1, 0.15) is 5.69 Å². The topological polar surface area (TPSA) is 75.4 Å². The number of anilines is 1. The molecule has 0 unspecified atom stereocenters. The van der Waals surface area contributed by atoms with E-state index in [4.69, 9.17) is 5.11 Å². The Morgan fingerprint density at radius 1 is 1.50 bits per heavy atom. The van der Waals surface area contributed by atoms with Crippen LogP contribution in [0.5, 0.6) is 0 Å². The fourth-order valence-electron chi connectivity index (χ4n) is 2.06. The predicted octanol–water partition coefficient (Wildman–Crippen LogP) is 2.31. The summed E-state index contributed by atoms with van der Waals surface area (Å²) in [7, 11) is 0. The lowest BCUT2D eigenvalue weighted by Crippen LogP contribution is -2.17. The maximum Gasteiger partial charge on any atom is 0.327 e. The zero-order chi connectivity index (χ0) is 13.2. The molecule has 1 aromatic carbocycles. The van der Waals surface area contributed by atoms with Crippen LogP contribution < -0.4 is 5.32 Å². The van der Waals surface area contributed by atoms with E-state index in [9.17, 15) is 14.5 Å². The highest BCUT2D eigenvalue weighted by atomic mass is 19.1. The number of aliphatic hydroxyl groups is 1. The molecule has 0 atom stereocenters. The minimum Gasteiger partial charge on any atom is -0.396 e. The monoisotopic (exact) mass is 254 g/mol. The number of nitro groups is 1. The Balaban J connectivity index is 2.10. The van der Waals surface area contributed by atoms with E-state index in [1.54, 1.807) is 0 Å². The Bertz CT molecular complexity index is 461. The van der Waals surface area contributed by atoms with Crippen molar-refractivity contribution >= 4 is 11.4 Å². The third kappa shape index (κ3) is 2.59. The van der Waals surface area contributed by atoms with Gasteiger partial charge >= 0.3 is 5.69 Å². The van der Waals surface area contributed by atoms with Crippen molar-refractivity contribution in [3.8, 4) is 0 Å². The number of rotatable bonds is 6. The first-order valence-corrected chi connectivity index (χ1v) is 5.86. The normalized spacial score (nSPS) is 16.3. The third-order valence-electron chi connectivity index (χ3n) is 3.42. The SMILES string of the molecule is O=[N+]([O-])c1c(F)cccc1NCC1(CCO)CC1. The zero-order valence-electron chi connectivity index (χ0n) is 9.86. The van der Waals surface area contributed by atoms with Gasteiger partial charge in [0.2, 0.25) is 5.82 Å². The second-order valence-corrected chi connectivity index (χ2v) is 4.72. The number of para-hydroxylation sites is 1. The molecule has 1 aliphatic carbocycles. The van der Waals surface area contributed by atoms with Gasteiger partial charge in [0.15, 0.2) is 0 Å². The minimum atomic E-state index is -0.836. The molecule has 18 heavy (non-hydrogen) atoms. The predicted molar refractivity (Wildman–Crippen MR) is 64.9 cm³/mol. The van der Waals surface area contributed by atoms with Crippen LogP contribution in [0.1, 0.15) is 19.3 Å². The molecule has 1 aliphatic rings. The molecule has 1 fully saturated rings. The van der Waals surface area contributed by atoms with Gasteiger partial charge < -0.3 is 10.4 Å². The molecule has 1 aromatic rings. The minimum absolute atomic E-state index is 0.0228. The first kappa shape index (κ1) is 12.8. The van der Waals surface area contributed by atoms with Gasteiger partial charge in [-0.15, -0.1) is 0 Å². The van der Waals surface area contributed by atoms with Crippen molar-refractivity contribution in [2.45, 2.75) is 19.3 Å². The Kier molecular flexibility index (Phi) is 3.47. The lowest BCUT2D eigenvalue weighted by Gasteiger charge is -2.15. The molecule has 1 saturated carbocycles. The number of nitrogens with zero attached hydrogens (tertiary/aromatic N) is 1. The van der Waals surface area contributed by atoms with Crippen LogP contribution in [0.15, 0.2) is 18.2 Å². The molecule has 2 N–H and O–H groups in total. The summed E-state index contributed by atoms with van der Waals surface area (Å²) in [4.78, 5) is 10.1. The number of hydrogen-bond acceptors (Lipinski definition) is 4. The van der Waals surface area contributed by atoms with E-state index in [-0.39, 0.29) is 17.7 Å². The molecular formula is C12H15FN2O3. The van der Waals surface area contributed by atoms with E-state index in [1.165, 1.54) is 12.1 Å². The first-order chi connectivity index (χ1) is 8.58. The molecule has 5 nitrogen and oxygen atoms in total. The number of nitro benzene ring substituents is 1. The van der Waals surface area contributed by atoms with E-state index in [1.807, 2.05) is 0 Å². The summed E-state index contributed by atoms with van der Waals surface area (Å²) >= 11 is 0. The second kappa shape index (κ2) is 4.89. The largest absolute Gasteiger partial charge is 0.396 e. The molecule has 0 saturated heterocycles. The van der Waals surface area contributed by atoms with Gasteiger partial charge in [0.25, 0.3) is 0 Å². The molecule has 2 rings (SSSR count). The van der Waals surface area contributed by atoms with Crippen LogP contribution >= 0.6 is 0 Å². The van der Waals surface area contributed by atoms with Gasteiger partial charge in [0.05, 0.1) is 4.92 Å². The maximum absolute atomic E-state index is 13.4. The van der Waals surface area contributed by atoms with Crippen LogP contribution in [0.3, 0.4) is 0 Å². The number of nitrogens with one attached hydrogen (secondary N) is 1. The van der Waals surface area contributed by atoms with Crippen LogP contribution in [0.4, 0.5) is 15.8 Å². The van der Waals surface area contributed by atoms with Gasteiger partial charge in [-0.3, -0.25) is 10.1 Å². The summed E-state index contributed by atoms with van der Waals surface area (Å²) in [6.07, 6.45) is 2.65. The molecule has 0 aliphatic heterocycles. The molecular weight excluding hydrogens is 239 g/mol. The molecule has 0 heterocycles. The average molecular weight is 254 g/mol. The average Bonchev–Trinajstić information content (AvgIpc) is 3.07. The molecule has 0 bridgehead atoms. The van der Waals surface area contributed by atoms with E-state index < -0.39 is 16.4 Å². The van der Waals surface area contributed by atoms with E-state index in [2.05, 4.69) is 5.32 Å². The Hall–Kier alpha value is -1.69. The highest BCUT2D eigenvalue weighted by Crippen LogP contribution is 2.48. The van der Waals surface area contributed by atoms with Crippen LogP contribution in [0.25, 0.3) is 0 Å². The summed E-state index contributed by atoms with van der Waals surface area (Å²) in [5, 5.41) is 22.7. The number of aliphatic hydroxyl groups excluding tert-OH is 1. The molecule has 6 heteroatoms. The van der Waals surface area contributed by atoms with Crippen LogP contribution in [0, 0.1) is 21.3 Å². The molecule has 0 radical (unpaired) electrons. The summed E-state index contributed by atoms with van der Waals surface area (Å²) in [5.74, 6) is -0.836. The lowest BCUT2D eigenvalue weighted by molar-refractivity contribution is -0.386. The second-order valence-electron chi connectivity index (χ2n) is 4.72. The van der Waals surface area contributed by atoms with E-state index >= 15 is 0 Å². The van der Waals surface area contributed by atoms with Crippen LogP contribution in [-0.2, 0) is 0 Å². The summed E-state index contributed by atoms with van der Waals surface area (Å²) in [6, 6.07) is 4.01. The summed E-state index contributed by atoms with van der Waals surface area (Å²) < 4.78 is 13.4. The Morgan fingerprint density at radius 3 is 2.78 bits per heavy atom. The molecule has 98 valence electrons. The molecule has 0 spiro atoms. The van der Waals surface area contributed by atoms with Gasteiger partial charge in [-0.2, -0.15) is 4.39 Å². The van der Waals surface area contributed by atoms with Gasteiger partial charge in [-0.25, -0.2) is 0 Å². The zero-order valence-corrected chi connectivity index (χ0v) is 9.86. The third-order valence-corrected chi connectivity index (χ3v) is 3.42. The van der Waals surface area contributed by atoms with Gasteiger partial charge in [-0.1, -0.05) is 6.07 Å². The maximum atomic E-state index is 13.4. The van der Waals surface area contributed by atoms with Crippen molar-refractivity contribution in [3.63, 3.8) is 0 Å².